The summed E-state index contributed by atoms with van der Waals surface area (Å²) in [5.41, 5.74) is 1.87. The van der Waals surface area contributed by atoms with E-state index in [2.05, 4.69) is 21.4 Å². The quantitative estimate of drug-likeness (QED) is 0.684. The Hall–Kier alpha value is -2.67. The smallest absolute Gasteiger partial charge is 0.263 e. The van der Waals surface area contributed by atoms with Gasteiger partial charge in [-0.2, -0.15) is 4.37 Å². The Balaban J connectivity index is 1.53. The molecule has 1 aliphatic heterocycles. The molecule has 1 saturated heterocycles. The van der Waals surface area contributed by atoms with Gasteiger partial charge in [0.05, 0.1) is 4.70 Å². The third-order valence-electron chi connectivity index (χ3n) is 5.42. The highest BCUT2D eigenvalue weighted by Crippen LogP contribution is 2.29. The van der Waals surface area contributed by atoms with E-state index in [9.17, 15) is 9.59 Å². The molecule has 1 aromatic carbocycles. The molecule has 1 fully saturated rings. The fourth-order valence-electron chi connectivity index (χ4n) is 3.53. The van der Waals surface area contributed by atoms with E-state index in [1.807, 2.05) is 26.0 Å². The van der Waals surface area contributed by atoms with Gasteiger partial charge in [0, 0.05) is 44.3 Å². The summed E-state index contributed by atoms with van der Waals surface area (Å²) in [6, 6.07) is 9.93. The molecule has 27 heavy (non-hydrogen) atoms. The number of fused-ring (bicyclic) bond motifs is 1. The fourth-order valence-corrected chi connectivity index (χ4v) is 4.32. The van der Waals surface area contributed by atoms with Crippen molar-refractivity contribution in [1.29, 1.82) is 0 Å². The third kappa shape index (κ3) is 3.02. The van der Waals surface area contributed by atoms with E-state index in [0.29, 0.717) is 26.2 Å². The van der Waals surface area contributed by atoms with Crippen LogP contribution in [0.2, 0.25) is 0 Å². The number of amides is 1. The fraction of sp³-hybridized carbons (Fsp3) is 0.350. The van der Waals surface area contributed by atoms with Crippen molar-refractivity contribution in [2.45, 2.75) is 13.8 Å². The Morgan fingerprint density at radius 1 is 1.11 bits per heavy atom. The van der Waals surface area contributed by atoms with Crippen molar-refractivity contribution in [3.05, 3.63) is 57.5 Å². The topological polar surface area (TPSA) is 58.4 Å². The first kappa shape index (κ1) is 17.7. The van der Waals surface area contributed by atoms with Crippen LogP contribution in [-0.4, -0.2) is 45.9 Å². The molecule has 0 saturated carbocycles. The molecule has 0 N–H and O–H groups in total. The number of aryl methyl sites for hydroxylation is 1. The number of piperazine rings is 1. The van der Waals surface area contributed by atoms with E-state index >= 15 is 0 Å². The first-order chi connectivity index (χ1) is 13.0. The lowest BCUT2D eigenvalue weighted by atomic mass is 10.1. The Morgan fingerprint density at radius 3 is 2.56 bits per heavy atom. The number of nitrogens with zero attached hydrogens (tertiary/aromatic N) is 4. The van der Waals surface area contributed by atoms with Gasteiger partial charge >= 0.3 is 0 Å². The summed E-state index contributed by atoms with van der Waals surface area (Å²) < 4.78 is 7.33. The molecule has 3 heterocycles. The van der Waals surface area contributed by atoms with Gasteiger partial charge in [0.15, 0.2) is 0 Å². The standard InChI is InChI=1S/C20H22N4O2S/c1-13-12-16(19(25)22(3)14(13)2)20(26)24-10-8-23(9-11-24)18-15-6-4-5-7-17(15)27-21-18/h4-7,12H,8-11H2,1-3H3. The highest BCUT2D eigenvalue weighted by molar-refractivity contribution is 7.13. The van der Waals surface area contributed by atoms with E-state index in [4.69, 9.17) is 0 Å². The lowest BCUT2D eigenvalue weighted by Gasteiger charge is -2.35. The number of hydrogen-bond acceptors (Lipinski definition) is 5. The molecule has 0 bridgehead atoms. The molecule has 2 aromatic heterocycles. The summed E-state index contributed by atoms with van der Waals surface area (Å²) in [5, 5.41) is 1.16. The van der Waals surface area contributed by atoms with Crippen molar-refractivity contribution in [2.75, 3.05) is 31.1 Å². The molecule has 0 aliphatic carbocycles. The van der Waals surface area contributed by atoms with Gasteiger partial charge in [0.1, 0.15) is 11.4 Å². The number of benzene rings is 1. The molecule has 0 spiro atoms. The molecular formula is C20H22N4O2S. The first-order valence-corrected chi connectivity index (χ1v) is 9.80. The van der Waals surface area contributed by atoms with Crippen LogP contribution < -0.4 is 10.5 Å². The van der Waals surface area contributed by atoms with Crippen LogP contribution in [0.1, 0.15) is 21.6 Å². The summed E-state index contributed by atoms with van der Waals surface area (Å²) in [7, 11) is 1.72. The van der Waals surface area contributed by atoms with Crippen LogP contribution in [0, 0.1) is 13.8 Å². The number of hydrogen-bond donors (Lipinski definition) is 0. The van der Waals surface area contributed by atoms with Crippen molar-refractivity contribution in [1.82, 2.24) is 13.8 Å². The number of carbonyl (C=O) groups is 1. The summed E-state index contributed by atoms with van der Waals surface area (Å²) in [6.07, 6.45) is 0. The summed E-state index contributed by atoms with van der Waals surface area (Å²) >= 11 is 1.50. The number of aromatic nitrogens is 2. The predicted octanol–water partition coefficient (Wildman–Crippen LogP) is 2.57. The van der Waals surface area contributed by atoms with Gasteiger partial charge in [-0.15, -0.1) is 0 Å². The van der Waals surface area contributed by atoms with Crippen molar-refractivity contribution in [2.24, 2.45) is 7.05 Å². The predicted molar refractivity (Wildman–Crippen MR) is 109 cm³/mol. The maximum Gasteiger partial charge on any atom is 0.263 e. The number of anilines is 1. The van der Waals surface area contributed by atoms with Crippen LogP contribution in [0.25, 0.3) is 10.1 Å². The van der Waals surface area contributed by atoms with Gasteiger partial charge in [-0.25, -0.2) is 0 Å². The van der Waals surface area contributed by atoms with E-state index in [0.717, 1.165) is 22.5 Å². The van der Waals surface area contributed by atoms with Crippen LogP contribution >= 0.6 is 11.5 Å². The SMILES string of the molecule is Cc1cc(C(=O)N2CCN(c3nsc4ccccc34)CC2)c(=O)n(C)c1C. The average Bonchev–Trinajstić information content (AvgIpc) is 3.13. The normalized spacial score (nSPS) is 14.8. The summed E-state index contributed by atoms with van der Waals surface area (Å²) in [5.74, 6) is 0.811. The molecule has 1 aliphatic rings. The Bertz CT molecular complexity index is 1080. The summed E-state index contributed by atoms with van der Waals surface area (Å²) in [4.78, 5) is 29.4. The third-order valence-corrected chi connectivity index (χ3v) is 6.24. The lowest BCUT2D eigenvalue weighted by molar-refractivity contribution is 0.0744. The van der Waals surface area contributed by atoms with E-state index in [-0.39, 0.29) is 17.0 Å². The first-order valence-electron chi connectivity index (χ1n) is 9.03. The number of pyridine rings is 1. The molecule has 1 amide bonds. The molecule has 6 nitrogen and oxygen atoms in total. The van der Waals surface area contributed by atoms with Crippen molar-refractivity contribution in [3.63, 3.8) is 0 Å². The van der Waals surface area contributed by atoms with Gasteiger partial charge < -0.3 is 14.4 Å². The summed E-state index contributed by atoms with van der Waals surface area (Å²) in [6.45, 7) is 6.41. The highest BCUT2D eigenvalue weighted by Gasteiger charge is 2.26. The van der Waals surface area contributed by atoms with Crippen LogP contribution in [0.5, 0.6) is 0 Å². The van der Waals surface area contributed by atoms with Crippen LogP contribution in [0.4, 0.5) is 5.82 Å². The minimum atomic E-state index is -0.226. The second kappa shape index (κ2) is 6.81. The lowest BCUT2D eigenvalue weighted by Crippen LogP contribution is -2.50. The van der Waals surface area contributed by atoms with E-state index < -0.39 is 0 Å². The van der Waals surface area contributed by atoms with E-state index in [1.54, 1.807) is 22.6 Å². The zero-order chi connectivity index (χ0) is 19.1. The molecule has 0 radical (unpaired) electrons. The Labute approximate surface area is 161 Å². The number of carbonyl (C=O) groups excluding carboxylic acids is 1. The molecular weight excluding hydrogens is 360 g/mol. The minimum Gasteiger partial charge on any atom is -0.352 e. The van der Waals surface area contributed by atoms with Crippen molar-refractivity contribution < 1.29 is 4.79 Å². The Kier molecular flexibility index (Phi) is 4.47. The monoisotopic (exact) mass is 382 g/mol. The molecule has 0 atom stereocenters. The second-order valence-corrected chi connectivity index (χ2v) is 7.78. The minimum absolute atomic E-state index is 0.179. The van der Waals surface area contributed by atoms with Gasteiger partial charge in [-0.1, -0.05) is 12.1 Å². The largest absolute Gasteiger partial charge is 0.352 e. The molecule has 7 heteroatoms. The van der Waals surface area contributed by atoms with Gasteiger partial charge in [-0.3, -0.25) is 9.59 Å². The average molecular weight is 382 g/mol. The van der Waals surface area contributed by atoms with Crippen molar-refractivity contribution >= 4 is 33.3 Å². The highest BCUT2D eigenvalue weighted by atomic mass is 32.1. The van der Waals surface area contributed by atoms with Crippen LogP contribution in [0.15, 0.2) is 35.1 Å². The second-order valence-electron chi connectivity index (χ2n) is 6.97. The molecule has 140 valence electrons. The van der Waals surface area contributed by atoms with Crippen molar-refractivity contribution in [3.8, 4) is 0 Å². The maximum atomic E-state index is 12.9. The van der Waals surface area contributed by atoms with Crippen LogP contribution in [-0.2, 0) is 7.05 Å². The van der Waals surface area contributed by atoms with E-state index in [1.165, 1.54) is 16.2 Å². The molecule has 3 aromatic rings. The zero-order valence-electron chi connectivity index (χ0n) is 15.7. The molecule has 4 rings (SSSR count). The maximum absolute atomic E-state index is 12.9. The van der Waals surface area contributed by atoms with Gasteiger partial charge in [-0.05, 0) is 49.1 Å². The molecule has 0 unspecified atom stereocenters. The number of rotatable bonds is 2. The Morgan fingerprint density at radius 2 is 1.81 bits per heavy atom. The van der Waals surface area contributed by atoms with Gasteiger partial charge in [0.25, 0.3) is 11.5 Å². The van der Waals surface area contributed by atoms with Gasteiger partial charge in [0.2, 0.25) is 0 Å². The van der Waals surface area contributed by atoms with Crippen LogP contribution in [0.3, 0.4) is 0 Å². The zero-order valence-corrected chi connectivity index (χ0v) is 16.5.